The zero-order chi connectivity index (χ0) is 18.8. The Kier molecular flexibility index (Phi) is 4.60. The van der Waals surface area contributed by atoms with E-state index < -0.39 is 11.7 Å². The van der Waals surface area contributed by atoms with E-state index in [9.17, 15) is 9.18 Å². The number of amides is 1. The molecule has 136 valence electrons. The third kappa shape index (κ3) is 3.54. The van der Waals surface area contributed by atoms with Crippen molar-refractivity contribution in [3.8, 4) is 22.6 Å². The Morgan fingerprint density at radius 1 is 1.11 bits per heavy atom. The largest absolute Gasteiger partial charge is 0.486 e. The number of halogens is 2. The van der Waals surface area contributed by atoms with Gasteiger partial charge in [-0.25, -0.2) is 9.37 Å². The topological polar surface area (TPSA) is 73.3 Å². The highest BCUT2D eigenvalue weighted by atomic mass is 35.5. The Balaban J connectivity index is 1.56. The van der Waals surface area contributed by atoms with Crippen molar-refractivity contribution >= 4 is 23.3 Å². The molecule has 1 aliphatic rings. The number of nitrogens with zero attached hydrogens (tertiary/aromatic N) is 2. The highest BCUT2D eigenvalue weighted by Gasteiger charge is 2.17. The standard InChI is InChI=1S/C19H13ClFN3O3/c20-14-8-17-16(26-5-6-27-17)7-13(14)11-1-2-18(23-9-11)24-19(25)12-3-4-22-10-15(12)21/h1-4,7-10H,5-6H2,(H,23,24,25). The smallest absolute Gasteiger partial charge is 0.259 e. The van der Waals surface area contributed by atoms with E-state index in [1.54, 1.807) is 30.5 Å². The van der Waals surface area contributed by atoms with Gasteiger partial charge in [0.2, 0.25) is 0 Å². The van der Waals surface area contributed by atoms with Gasteiger partial charge < -0.3 is 14.8 Å². The number of nitrogens with one attached hydrogen (secondary N) is 1. The molecule has 0 unspecified atom stereocenters. The highest BCUT2D eigenvalue weighted by Crippen LogP contribution is 2.39. The summed E-state index contributed by atoms with van der Waals surface area (Å²) in [5.74, 6) is 0.202. The van der Waals surface area contributed by atoms with E-state index in [0.717, 1.165) is 17.3 Å². The minimum absolute atomic E-state index is 0.106. The number of pyridine rings is 2. The maximum absolute atomic E-state index is 13.6. The molecule has 6 nitrogen and oxygen atoms in total. The van der Waals surface area contributed by atoms with E-state index in [0.29, 0.717) is 29.7 Å². The van der Waals surface area contributed by atoms with Gasteiger partial charge in [-0.1, -0.05) is 11.6 Å². The number of hydrogen-bond donors (Lipinski definition) is 1. The number of hydrogen-bond acceptors (Lipinski definition) is 5. The number of fused-ring (bicyclic) bond motifs is 1. The van der Waals surface area contributed by atoms with E-state index in [1.807, 2.05) is 0 Å². The molecular weight excluding hydrogens is 373 g/mol. The zero-order valence-electron chi connectivity index (χ0n) is 13.9. The highest BCUT2D eigenvalue weighted by molar-refractivity contribution is 6.33. The summed E-state index contributed by atoms with van der Waals surface area (Å²) in [6.07, 6.45) is 3.89. The molecule has 3 aromatic rings. The number of aromatic nitrogens is 2. The Bertz CT molecular complexity index is 1010. The van der Waals surface area contributed by atoms with Crippen LogP contribution in [-0.2, 0) is 0 Å². The molecule has 2 aromatic heterocycles. The SMILES string of the molecule is O=C(Nc1ccc(-c2cc3c(cc2Cl)OCCO3)cn1)c1ccncc1F. The quantitative estimate of drug-likeness (QED) is 0.738. The lowest BCUT2D eigenvalue weighted by Crippen LogP contribution is -2.15. The summed E-state index contributed by atoms with van der Waals surface area (Å²) >= 11 is 6.34. The van der Waals surface area contributed by atoms with Crippen LogP contribution in [-0.4, -0.2) is 29.1 Å². The number of carbonyl (C=O) groups excluding carboxylic acids is 1. The van der Waals surface area contributed by atoms with E-state index in [-0.39, 0.29) is 11.4 Å². The van der Waals surface area contributed by atoms with Gasteiger partial charge in [0.1, 0.15) is 19.0 Å². The van der Waals surface area contributed by atoms with Gasteiger partial charge in [0.05, 0.1) is 16.8 Å². The average molecular weight is 386 g/mol. The molecular formula is C19H13ClFN3O3. The van der Waals surface area contributed by atoms with Crippen LogP contribution in [0.4, 0.5) is 10.2 Å². The van der Waals surface area contributed by atoms with E-state index in [2.05, 4.69) is 15.3 Å². The number of benzene rings is 1. The Labute approximate surface area is 158 Å². The van der Waals surface area contributed by atoms with Crippen molar-refractivity contribution in [3.05, 3.63) is 65.3 Å². The molecule has 0 bridgehead atoms. The van der Waals surface area contributed by atoms with Crippen molar-refractivity contribution in [1.29, 1.82) is 0 Å². The molecule has 0 radical (unpaired) electrons. The molecule has 0 saturated carbocycles. The summed E-state index contributed by atoms with van der Waals surface area (Å²) in [6, 6.07) is 8.15. The van der Waals surface area contributed by atoms with Crippen molar-refractivity contribution in [3.63, 3.8) is 0 Å². The minimum atomic E-state index is -0.699. The second-order valence-electron chi connectivity index (χ2n) is 5.72. The first-order valence-corrected chi connectivity index (χ1v) is 8.46. The van der Waals surface area contributed by atoms with Crippen molar-refractivity contribution in [1.82, 2.24) is 9.97 Å². The number of carbonyl (C=O) groups is 1. The molecule has 8 heteroatoms. The van der Waals surface area contributed by atoms with E-state index in [4.69, 9.17) is 21.1 Å². The third-order valence-electron chi connectivity index (χ3n) is 3.97. The first-order chi connectivity index (χ1) is 13.1. The molecule has 3 heterocycles. The Morgan fingerprint density at radius 2 is 1.89 bits per heavy atom. The molecule has 0 atom stereocenters. The average Bonchev–Trinajstić information content (AvgIpc) is 2.68. The minimum Gasteiger partial charge on any atom is -0.486 e. The van der Waals surface area contributed by atoms with Crippen LogP contribution in [0, 0.1) is 5.82 Å². The van der Waals surface area contributed by atoms with Crippen LogP contribution in [0.3, 0.4) is 0 Å². The van der Waals surface area contributed by atoms with E-state index in [1.165, 1.54) is 12.3 Å². The summed E-state index contributed by atoms with van der Waals surface area (Å²) < 4.78 is 24.7. The van der Waals surface area contributed by atoms with Crippen LogP contribution in [0.2, 0.25) is 5.02 Å². The van der Waals surface area contributed by atoms with Crippen molar-refractivity contribution < 1.29 is 18.7 Å². The molecule has 0 spiro atoms. The summed E-state index contributed by atoms with van der Waals surface area (Å²) in [6.45, 7) is 0.958. The molecule has 27 heavy (non-hydrogen) atoms. The van der Waals surface area contributed by atoms with Crippen LogP contribution in [0.15, 0.2) is 48.9 Å². The van der Waals surface area contributed by atoms with Crippen LogP contribution >= 0.6 is 11.6 Å². The fourth-order valence-electron chi connectivity index (χ4n) is 2.66. The van der Waals surface area contributed by atoms with Crippen molar-refractivity contribution in [2.24, 2.45) is 0 Å². The predicted octanol–water partition coefficient (Wildman–Crippen LogP) is 3.96. The van der Waals surface area contributed by atoms with Crippen LogP contribution in [0.5, 0.6) is 11.5 Å². The van der Waals surface area contributed by atoms with Crippen LogP contribution < -0.4 is 14.8 Å². The normalized spacial score (nSPS) is 12.5. The monoisotopic (exact) mass is 385 g/mol. The van der Waals surface area contributed by atoms with Crippen molar-refractivity contribution in [2.75, 3.05) is 18.5 Å². The fourth-order valence-corrected chi connectivity index (χ4v) is 2.92. The molecule has 1 aromatic carbocycles. The maximum atomic E-state index is 13.6. The number of ether oxygens (including phenoxy) is 2. The van der Waals surface area contributed by atoms with Crippen molar-refractivity contribution in [2.45, 2.75) is 0 Å². The van der Waals surface area contributed by atoms with Gasteiger partial charge in [-0.3, -0.25) is 9.78 Å². The lowest BCUT2D eigenvalue weighted by Gasteiger charge is -2.19. The summed E-state index contributed by atoms with van der Waals surface area (Å²) in [4.78, 5) is 20.0. The van der Waals surface area contributed by atoms with E-state index >= 15 is 0 Å². The lowest BCUT2D eigenvalue weighted by molar-refractivity contribution is 0.102. The van der Waals surface area contributed by atoms with Gasteiger partial charge in [-0.2, -0.15) is 0 Å². The summed E-state index contributed by atoms with van der Waals surface area (Å²) in [5, 5.41) is 3.04. The molecule has 0 saturated heterocycles. The zero-order valence-corrected chi connectivity index (χ0v) is 14.7. The molecule has 0 aliphatic carbocycles. The molecule has 1 aliphatic heterocycles. The summed E-state index contributed by atoms with van der Waals surface area (Å²) in [7, 11) is 0. The molecule has 4 rings (SSSR count). The van der Waals surface area contributed by atoms with Gasteiger partial charge in [-0.15, -0.1) is 0 Å². The van der Waals surface area contributed by atoms with Gasteiger partial charge >= 0.3 is 0 Å². The first-order valence-electron chi connectivity index (χ1n) is 8.08. The first kappa shape index (κ1) is 17.2. The number of rotatable bonds is 3. The van der Waals surface area contributed by atoms with Gasteiger partial charge in [0.15, 0.2) is 17.3 Å². The second-order valence-corrected chi connectivity index (χ2v) is 6.12. The number of anilines is 1. The molecule has 1 N–H and O–H groups in total. The maximum Gasteiger partial charge on any atom is 0.259 e. The molecule has 1 amide bonds. The molecule has 0 fully saturated rings. The van der Waals surface area contributed by atoms with Crippen LogP contribution in [0.25, 0.3) is 11.1 Å². The van der Waals surface area contributed by atoms with Gasteiger partial charge in [0.25, 0.3) is 5.91 Å². The van der Waals surface area contributed by atoms with Gasteiger partial charge in [-0.05, 0) is 24.3 Å². The van der Waals surface area contributed by atoms with Gasteiger partial charge in [0, 0.05) is 29.6 Å². The third-order valence-corrected chi connectivity index (χ3v) is 4.28. The predicted molar refractivity (Wildman–Crippen MR) is 97.8 cm³/mol. The lowest BCUT2D eigenvalue weighted by atomic mass is 10.1. The Hall–Kier alpha value is -3.19. The summed E-state index contributed by atoms with van der Waals surface area (Å²) in [5.41, 5.74) is 1.36. The Morgan fingerprint density at radius 3 is 2.59 bits per heavy atom. The fraction of sp³-hybridized carbons (Fsp3) is 0.105. The second kappa shape index (κ2) is 7.20. The van der Waals surface area contributed by atoms with Crippen LogP contribution in [0.1, 0.15) is 10.4 Å².